The molecule has 6 aliphatic rings. The van der Waals surface area contributed by atoms with Gasteiger partial charge in [-0.2, -0.15) is 0 Å². The Hall–Kier alpha value is -1.43. The van der Waals surface area contributed by atoms with Gasteiger partial charge in [-0.3, -0.25) is 4.79 Å². The van der Waals surface area contributed by atoms with Crippen molar-refractivity contribution in [1.82, 2.24) is 0 Å². The fraction of sp³-hybridized carbons (Fsp3) is 0.919. The summed E-state index contributed by atoms with van der Waals surface area (Å²) >= 11 is 0. The molecule has 3 heterocycles. The number of ether oxygens (including phenoxy) is 6. The molecule has 3 saturated heterocycles. The van der Waals surface area contributed by atoms with Gasteiger partial charge in [-0.1, -0.05) is 25.5 Å². The zero-order valence-corrected chi connectivity index (χ0v) is 31.3. The predicted molar refractivity (Wildman–Crippen MR) is 184 cm³/mol. The Morgan fingerprint density at radius 2 is 1.25 bits per heavy atom. The molecule has 0 aromatic rings. The van der Waals surface area contributed by atoms with Crippen LogP contribution in [0.2, 0.25) is 0 Å². The summed E-state index contributed by atoms with van der Waals surface area (Å²) in [4.78, 5) is 14.1. The maximum Gasteiger partial charge on any atom is 0.314 e. The highest BCUT2D eigenvalue weighted by Gasteiger charge is 2.64. The standard InChI is InChI=1S/C37H60O18/c1-16-5-6-21-35(2)8-4-9-36(3,34(49)55-33-28(47)26(45)23(42)18(13-39)53-33)20(35)7-10-37(21,11-16)15-50-31-29(48)30(24(43)19(14-40)51-31)54-32-27(46)25(44)22(41)17(12-38)52-32/h17-33,38-48H,1,4-15H2,2-3H3/t17?,18?,19?,20?,21-,22?,23?,24?,25?,26?,27?,28?,29?,30?,31?,32?,33?,35+,36+,37?/m0/s1. The molecule has 0 amide bonds. The van der Waals surface area contributed by atoms with Gasteiger partial charge in [-0.05, 0) is 69.1 Å². The molecular weight excluding hydrogens is 732 g/mol. The first-order valence-electron chi connectivity index (χ1n) is 19.3. The molecule has 3 saturated carbocycles. The van der Waals surface area contributed by atoms with Crippen LogP contribution in [-0.4, -0.2) is 181 Å². The topological polar surface area (TPSA) is 295 Å². The summed E-state index contributed by atoms with van der Waals surface area (Å²) in [6, 6.07) is 0. The largest absolute Gasteiger partial charge is 0.432 e. The van der Waals surface area contributed by atoms with Gasteiger partial charge < -0.3 is 84.6 Å². The second kappa shape index (κ2) is 16.7. The molecule has 3 aliphatic carbocycles. The van der Waals surface area contributed by atoms with E-state index in [1.165, 1.54) is 0 Å². The van der Waals surface area contributed by atoms with Crippen LogP contribution in [0.5, 0.6) is 0 Å². The number of fused-ring (bicyclic) bond motifs is 3. The van der Waals surface area contributed by atoms with Crippen LogP contribution in [0, 0.1) is 28.1 Å². The minimum Gasteiger partial charge on any atom is -0.432 e. The summed E-state index contributed by atoms with van der Waals surface area (Å²) in [6.07, 6.45) is -18.5. The van der Waals surface area contributed by atoms with Gasteiger partial charge in [0, 0.05) is 5.41 Å². The lowest BCUT2D eigenvalue weighted by Gasteiger charge is -2.64. The summed E-state index contributed by atoms with van der Waals surface area (Å²) < 4.78 is 34.7. The first-order valence-corrected chi connectivity index (χ1v) is 19.3. The number of carbonyl (C=O) groups is 1. The van der Waals surface area contributed by atoms with E-state index in [-0.39, 0.29) is 18.4 Å². The molecule has 0 spiro atoms. The summed E-state index contributed by atoms with van der Waals surface area (Å²) in [5.74, 6) is -0.808. The van der Waals surface area contributed by atoms with Crippen molar-refractivity contribution < 1.29 is 89.4 Å². The minimum absolute atomic E-state index is 0.00920. The van der Waals surface area contributed by atoms with E-state index >= 15 is 0 Å². The highest BCUT2D eigenvalue weighted by molar-refractivity contribution is 5.77. The molecule has 0 bridgehead atoms. The predicted octanol–water partition coefficient (Wildman–Crippen LogP) is -3.08. The van der Waals surface area contributed by atoms with E-state index in [4.69, 9.17) is 28.4 Å². The van der Waals surface area contributed by atoms with Crippen LogP contribution >= 0.6 is 0 Å². The summed E-state index contributed by atoms with van der Waals surface area (Å²) in [5.41, 5.74) is -0.953. The van der Waals surface area contributed by atoms with Crippen LogP contribution in [0.1, 0.15) is 65.2 Å². The van der Waals surface area contributed by atoms with Crippen molar-refractivity contribution in [3.05, 3.63) is 12.2 Å². The van der Waals surface area contributed by atoms with E-state index in [0.29, 0.717) is 32.1 Å². The minimum atomic E-state index is -1.81. The van der Waals surface area contributed by atoms with Crippen LogP contribution in [0.4, 0.5) is 0 Å². The van der Waals surface area contributed by atoms with Crippen molar-refractivity contribution in [3.8, 4) is 0 Å². The third kappa shape index (κ3) is 7.65. The third-order valence-electron chi connectivity index (χ3n) is 13.9. The van der Waals surface area contributed by atoms with Crippen molar-refractivity contribution in [2.45, 2.75) is 157 Å². The molecule has 0 aromatic carbocycles. The van der Waals surface area contributed by atoms with Crippen molar-refractivity contribution in [2.24, 2.45) is 28.1 Å². The number of aliphatic hydroxyl groups excluding tert-OH is 11. The average molecular weight is 793 g/mol. The number of hydrogen-bond donors (Lipinski definition) is 11. The number of esters is 1. The van der Waals surface area contributed by atoms with Crippen molar-refractivity contribution in [1.29, 1.82) is 0 Å². The normalized spacial score (nSPS) is 51.9. The maximum absolute atomic E-state index is 14.1. The Bertz CT molecular complexity index is 1350. The Morgan fingerprint density at radius 3 is 1.87 bits per heavy atom. The summed E-state index contributed by atoms with van der Waals surface area (Å²) in [6.45, 7) is 6.30. The molecule has 0 aromatic heterocycles. The monoisotopic (exact) mass is 792 g/mol. The molecule has 0 radical (unpaired) electrons. The molecule has 6 rings (SSSR count). The molecule has 20 atom stereocenters. The molecule has 17 unspecified atom stereocenters. The Labute approximate surface area is 319 Å². The van der Waals surface area contributed by atoms with Gasteiger partial charge in [0.05, 0.1) is 31.8 Å². The van der Waals surface area contributed by atoms with Crippen LogP contribution in [0.25, 0.3) is 0 Å². The van der Waals surface area contributed by atoms with Gasteiger partial charge in [0.15, 0.2) is 12.6 Å². The van der Waals surface area contributed by atoms with E-state index in [1.807, 2.05) is 6.92 Å². The number of carbonyl (C=O) groups excluding carboxylic acids is 1. The lowest BCUT2D eigenvalue weighted by molar-refractivity contribution is -0.363. The highest BCUT2D eigenvalue weighted by atomic mass is 16.7. The maximum atomic E-state index is 14.1. The average Bonchev–Trinajstić information content (AvgIpc) is 3.15. The van der Waals surface area contributed by atoms with Gasteiger partial charge in [0.2, 0.25) is 6.29 Å². The van der Waals surface area contributed by atoms with Crippen LogP contribution in [0.15, 0.2) is 12.2 Å². The van der Waals surface area contributed by atoms with Crippen LogP contribution in [0.3, 0.4) is 0 Å². The lowest BCUT2D eigenvalue weighted by atomic mass is 9.40. The second-order valence-electron chi connectivity index (χ2n) is 17.2. The van der Waals surface area contributed by atoms with Crippen molar-refractivity contribution >= 4 is 5.97 Å². The highest BCUT2D eigenvalue weighted by Crippen LogP contribution is 2.68. The SMILES string of the molecule is C=C1CC[C@@H]2C(COC3OC(CO)C(O)C(OC4OC(CO)C(O)C(O)C4O)C3O)(CCC3[C@](C)(C(=O)OC4OC(CO)C(O)C(O)C4O)CCC[C@]32C)C1. The van der Waals surface area contributed by atoms with E-state index < -0.39 is 134 Å². The molecule has 316 valence electrons. The summed E-state index contributed by atoms with van der Waals surface area (Å²) in [5, 5.41) is 114. The van der Waals surface area contributed by atoms with E-state index in [1.54, 1.807) is 0 Å². The number of hydrogen-bond acceptors (Lipinski definition) is 18. The smallest absolute Gasteiger partial charge is 0.314 e. The molecular formula is C37H60O18. The zero-order valence-electron chi connectivity index (χ0n) is 31.3. The Morgan fingerprint density at radius 1 is 0.691 bits per heavy atom. The van der Waals surface area contributed by atoms with Gasteiger partial charge >= 0.3 is 5.97 Å². The van der Waals surface area contributed by atoms with Crippen molar-refractivity contribution in [3.63, 3.8) is 0 Å². The molecule has 3 aliphatic heterocycles. The van der Waals surface area contributed by atoms with Gasteiger partial charge in [0.1, 0.15) is 73.2 Å². The van der Waals surface area contributed by atoms with Crippen molar-refractivity contribution in [2.75, 3.05) is 26.4 Å². The third-order valence-corrected chi connectivity index (χ3v) is 13.9. The van der Waals surface area contributed by atoms with Gasteiger partial charge in [0.25, 0.3) is 0 Å². The molecule has 18 heteroatoms. The fourth-order valence-corrected chi connectivity index (χ4v) is 10.9. The first kappa shape index (κ1) is 43.2. The Kier molecular flexibility index (Phi) is 13.1. The zero-order chi connectivity index (χ0) is 40.2. The fourth-order valence-electron chi connectivity index (χ4n) is 10.9. The summed E-state index contributed by atoms with van der Waals surface area (Å²) in [7, 11) is 0. The van der Waals surface area contributed by atoms with Gasteiger partial charge in [-0.25, -0.2) is 0 Å². The second-order valence-corrected chi connectivity index (χ2v) is 17.2. The molecule has 55 heavy (non-hydrogen) atoms. The van der Waals surface area contributed by atoms with E-state index in [0.717, 1.165) is 24.8 Å². The van der Waals surface area contributed by atoms with Gasteiger partial charge in [-0.15, -0.1) is 0 Å². The lowest BCUT2D eigenvalue weighted by Crippen LogP contribution is -2.65. The Balaban J connectivity index is 1.19. The van der Waals surface area contributed by atoms with Crippen LogP contribution < -0.4 is 0 Å². The molecule has 11 N–H and O–H groups in total. The number of rotatable bonds is 10. The van der Waals surface area contributed by atoms with E-state index in [2.05, 4.69) is 13.5 Å². The first-order chi connectivity index (χ1) is 26.0. The van der Waals surface area contributed by atoms with E-state index in [9.17, 15) is 61.0 Å². The number of allylic oxidation sites excluding steroid dienone is 1. The van der Waals surface area contributed by atoms with Crippen LogP contribution in [-0.2, 0) is 33.2 Å². The number of aliphatic hydroxyl groups is 11. The molecule has 6 fully saturated rings. The molecule has 18 nitrogen and oxygen atoms in total. The quantitative estimate of drug-likeness (QED) is 0.0772.